The Morgan fingerprint density at radius 3 is 2.41 bits per heavy atom. The van der Waals surface area contributed by atoms with E-state index in [1.165, 1.54) is 19.1 Å². The normalized spacial score (nSPS) is 16.1. The molecule has 1 aliphatic rings. The minimum absolute atomic E-state index is 0.157. The Balaban J connectivity index is 2.27. The molecule has 92 valence electrons. The van der Waals surface area contributed by atoms with Crippen molar-refractivity contribution in [1.29, 1.82) is 0 Å². The second-order valence-corrected chi connectivity index (χ2v) is 4.41. The molecule has 2 rings (SSSR count). The molecule has 0 aromatic heterocycles. The average Bonchev–Trinajstić information content (AvgIpc) is 2.36. The molecular weight excluding hydrogens is 224 g/mol. The Labute approximate surface area is 99.2 Å². The van der Waals surface area contributed by atoms with Gasteiger partial charge in [-0.2, -0.15) is 0 Å². The van der Waals surface area contributed by atoms with Crippen LogP contribution in [-0.2, 0) is 0 Å². The third-order valence-corrected chi connectivity index (χ3v) is 3.15. The van der Waals surface area contributed by atoms with E-state index in [0.717, 1.165) is 19.3 Å². The molecule has 0 spiro atoms. The molecule has 1 heterocycles. The number of piperidine rings is 1. The van der Waals surface area contributed by atoms with Gasteiger partial charge in [-0.25, -0.2) is 8.78 Å². The Kier molecular flexibility index (Phi) is 3.41. The molecular formula is C13H15F2NO. The number of aryl methyl sites for hydroxylation is 1. The van der Waals surface area contributed by atoms with Gasteiger partial charge in [0.05, 0.1) is 5.56 Å². The van der Waals surface area contributed by atoms with Crippen LogP contribution in [0.25, 0.3) is 0 Å². The highest BCUT2D eigenvalue weighted by molar-refractivity contribution is 5.94. The fourth-order valence-electron chi connectivity index (χ4n) is 2.08. The molecule has 0 aliphatic carbocycles. The molecule has 0 saturated carbocycles. The van der Waals surface area contributed by atoms with Gasteiger partial charge in [0.2, 0.25) is 0 Å². The number of amides is 1. The van der Waals surface area contributed by atoms with E-state index in [1.54, 1.807) is 4.90 Å². The molecule has 1 amide bonds. The number of carbonyl (C=O) groups is 1. The van der Waals surface area contributed by atoms with Crippen molar-refractivity contribution in [1.82, 2.24) is 4.90 Å². The molecule has 1 fully saturated rings. The van der Waals surface area contributed by atoms with Crippen LogP contribution >= 0.6 is 0 Å². The van der Waals surface area contributed by atoms with E-state index in [2.05, 4.69) is 0 Å². The first kappa shape index (κ1) is 12.0. The van der Waals surface area contributed by atoms with Crippen LogP contribution < -0.4 is 0 Å². The quantitative estimate of drug-likeness (QED) is 0.738. The van der Waals surface area contributed by atoms with E-state index < -0.39 is 17.5 Å². The van der Waals surface area contributed by atoms with Crippen molar-refractivity contribution in [2.24, 2.45) is 0 Å². The standard InChI is InChI=1S/C13H15F2NO/c1-9-5-6-10(12(15)11(9)14)13(17)16-7-3-2-4-8-16/h5-6H,2-4,7-8H2,1H3. The molecule has 0 N–H and O–H groups in total. The third-order valence-electron chi connectivity index (χ3n) is 3.15. The highest BCUT2D eigenvalue weighted by Crippen LogP contribution is 2.19. The van der Waals surface area contributed by atoms with Gasteiger partial charge in [0.25, 0.3) is 5.91 Å². The summed E-state index contributed by atoms with van der Waals surface area (Å²) in [4.78, 5) is 13.6. The van der Waals surface area contributed by atoms with Crippen molar-refractivity contribution in [3.8, 4) is 0 Å². The van der Waals surface area contributed by atoms with E-state index in [4.69, 9.17) is 0 Å². The summed E-state index contributed by atoms with van der Waals surface area (Å²) in [5.74, 6) is -2.35. The van der Waals surface area contributed by atoms with Crippen molar-refractivity contribution >= 4 is 5.91 Å². The third kappa shape index (κ3) is 2.30. The van der Waals surface area contributed by atoms with Gasteiger partial charge < -0.3 is 4.90 Å². The Morgan fingerprint density at radius 2 is 1.76 bits per heavy atom. The summed E-state index contributed by atoms with van der Waals surface area (Å²) in [7, 11) is 0. The summed E-state index contributed by atoms with van der Waals surface area (Å²) in [5.41, 5.74) is 0.0627. The van der Waals surface area contributed by atoms with Crippen LogP contribution in [0.5, 0.6) is 0 Å². The summed E-state index contributed by atoms with van der Waals surface area (Å²) < 4.78 is 27.0. The van der Waals surface area contributed by atoms with Gasteiger partial charge >= 0.3 is 0 Å². The maximum Gasteiger partial charge on any atom is 0.256 e. The van der Waals surface area contributed by atoms with Gasteiger partial charge in [0.15, 0.2) is 11.6 Å². The minimum Gasteiger partial charge on any atom is -0.339 e. The number of benzene rings is 1. The number of nitrogens with zero attached hydrogens (tertiary/aromatic N) is 1. The lowest BCUT2D eigenvalue weighted by atomic mass is 10.1. The lowest BCUT2D eigenvalue weighted by Crippen LogP contribution is -2.36. The van der Waals surface area contributed by atoms with Gasteiger partial charge in [0, 0.05) is 13.1 Å². The first-order chi connectivity index (χ1) is 8.11. The molecule has 0 bridgehead atoms. The fourth-order valence-corrected chi connectivity index (χ4v) is 2.08. The van der Waals surface area contributed by atoms with E-state index >= 15 is 0 Å². The number of likely N-dealkylation sites (tertiary alicyclic amines) is 1. The van der Waals surface area contributed by atoms with Crippen LogP contribution in [-0.4, -0.2) is 23.9 Å². The zero-order chi connectivity index (χ0) is 12.4. The summed E-state index contributed by atoms with van der Waals surface area (Å²) in [6, 6.07) is 2.81. The number of carbonyl (C=O) groups excluding carboxylic acids is 1. The van der Waals surface area contributed by atoms with E-state index in [0.29, 0.717) is 13.1 Å². The van der Waals surface area contributed by atoms with Gasteiger partial charge in [-0.05, 0) is 37.8 Å². The molecule has 1 saturated heterocycles. The van der Waals surface area contributed by atoms with Crippen molar-refractivity contribution in [2.75, 3.05) is 13.1 Å². The molecule has 2 nitrogen and oxygen atoms in total. The second-order valence-electron chi connectivity index (χ2n) is 4.41. The molecule has 1 aliphatic heterocycles. The number of hydrogen-bond donors (Lipinski definition) is 0. The van der Waals surface area contributed by atoms with Crippen LogP contribution in [0.3, 0.4) is 0 Å². The Hall–Kier alpha value is -1.45. The Bertz CT molecular complexity index is 439. The van der Waals surface area contributed by atoms with Crippen LogP contribution in [0.1, 0.15) is 35.2 Å². The topological polar surface area (TPSA) is 20.3 Å². The highest BCUT2D eigenvalue weighted by Gasteiger charge is 2.23. The van der Waals surface area contributed by atoms with Crippen molar-refractivity contribution in [3.63, 3.8) is 0 Å². The maximum absolute atomic E-state index is 13.6. The van der Waals surface area contributed by atoms with Crippen LogP contribution in [0.4, 0.5) is 8.78 Å². The second kappa shape index (κ2) is 4.82. The lowest BCUT2D eigenvalue weighted by Gasteiger charge is -2.26. The largest absolute Gasteiger partial charge is 0.339 e. The van der Waals surface area contributed by atoms with Crippen molar-refractivity contribution in [3.05, 3.63) is 34.9 Å². The smallest absolute Gasteiger partial charge is 0.256 e. The van der Waals surface area contributed by atoms with E-state index in [-0.39, 0.29) is 11.1 Å². The van der Waals surface area contributed by atoms with E-state index in [1.807, 2.05) is 0 Å². The summed E-state index contributed by atoms with van der Waals surface area (Å²) >= 11 is 0. The predicted molar refractivity (Wildman–Crippen MR) is 60.8 cm³/mol. The Morgan fingerprint density at radius 1 is 1.12 bits per heavy atom. The molecule has 1 aromatic rings. The number of hydrogen-bond acceptors (Lipinski definition) is 1. The molecule has 17 heavy (non-hydrogen) atoms. The number of halogens is 2. The van der Waals surface area contributed by atoms with Gasteiger partial charge in [0.1, 0.15) is 0 Å². The number of rotatable bonds is 1. The fraction of sp³-hybridized carbons (Fsp3) is 0.462. The molecule has 0 unspecified atom stereocenters. The summed E-state index contributed by atoms with van der Waals surface area (Å²) in [6.07, 6.45) is 2.96. The maximum atomic E-state index is 13.6. The molecule has 1 aromatic carbocycles. The van der Waals surface area contributed by atoms with Gasteiger partial charge in [-0.15, -0.1) is 0 Å². The lowest BCUT2D eigenvalue weighted by molar-refractivity contribution is 0.0718. The van der Waals surface area contributed by atoms with Crippen molar-refractivity contribution in [2.45, 2.75) is 26.2 Å². The molecule has 0 radical (unpaired) electrons. The van der Waals surface area contributed by atoms with Crippen LogP contribution in [0.15, 0.2) is 12.1 Å². The predicted octanol–water partition coefficient (Wildman–Crippen LogP) is 2.90. The average molecular weight is 239 g/mol. The van der Waals surface area contributed by atoms with Crippen molar-refractivity contribution < 1.29 is 13.6 Å². The minimum atomic E-state index is -1.03. The molecule has 4 heteroatoms. The SMILES string of the molecule is Cc1ccc(C(=O)N2CCCCC2)c(F)c1F. The van der Waals surface area contributed by atoms with Gasteiger partial charge in [-0.3, -0.25) is 4.79 Å². The van der Waals surface area contributed by atoms with Crippen LogP contribution in [0, 0.1) is 18.6 Å². The monoisotopic (exact) mass is 239 g/mol. The first-order valence-electron chi connectivity index (χ1n) is 5.85. The summed E-state index contributed by atoms with van der Waals surface area (Å²) in [5, 5.41) is 0. The molecule has 0 atom stereocenters. The zero-order valence-corrected chi connectivity index (χ0v) is 9.80. The summed E-state index contributed by atoms with van der Waals surface area (Å²) in [6.45, 7) is 2.75. The highest BCUT2D eigenvalue weighted by atomic mass is 19.2. The van der Waals surface area contributed by atoms with E-state index in [9.17, 15) is 13.6 Å². The van der Waals surface area contributed by atoms with Gasteiger partial charge in [-0.1, -0.05) is 6.07 Å². The first-order valence-corrected chi connectivity index (χ1v) is 5.85. The zero-order valence-electron chi connectivity index (χ0n) is 9.80. The van der Waals surface area contributed by atoms with Crippen LogP contribution in [0.2, 0.25) is 0 Å².